The fraction of sp³-hybridized carbons (Fsp3) is 0.263. The first-order valence-corrected chi connectivity index (χ1v) is 9.32. The van der Waals surface area contributed by atoms with Gasteiger partial charge in [0, 0.05) is 0 Å². The van der Waals surface area contributed by atoms with Gasteiger partial charge in [-0.05, 0) is 37.1 Å². The van der Waals surface area contributed by atoms with Crippen molar-refractivity contribution in [3.8, 4) is 0 Å². The average Bonchev–Trinajstić information content (AvgIpc) is 2.99. The van der Waals surface area contributed by atoms with Gasteiger partial charge in [-0.15, -0.1) is 11.3 Å². The summed E-state index contributed by atoms with van der Waals surface area (Å²) in [5.41, 5.74) is 0.770. The van der Waals surface area contributed by atoms with Crippen molar-refractivity contribution in [3.63, 3.8) is 0 Å². The summed E-state index contributed by atoms with van der Waals surface area (Å²) in [6, 6.07) is 5.38. The molecule has 2 rings (SSSR count). The van der Waals surface area contributed by atoms with Crippen molar-refractivity contribution in [1.29, 1.82) is 0 Å². The SMILES string of the molecule is CCOC(=O)c1sc(NC(=O)Cc2ccc(F)cc2)c(C(=O)NC(=O)OC)c1C. The number of rotatable bonds is 6. The third kappa shape index (κ3) is 5.61. The van der Waals surface area contributed by atoms with Crippen LogP contribution in [-0.2, 0) is 20.7 Å². The molecule has 1 aromatic heterocycles. The van der Waals surface area contributed by atoms with Crippen LogP contribution in [0.1, 0.15) is 38.1 Å². The Balaban J connectivity index is 2.32. The van der Waals surface area contributed by atoms with Gasteiger partial charge in [0.05, 0.1) is 25.7 Å². The van der Waals surface area contributed by atoms with Crippen LogP contribution in [0.4, 0.5) is 14.2 Å². The molecule has 1 aromatic carbocycles. The lowest BCUT2D eigenvalue weighted by Crippen LogP contribution is -2.31. The van der Waals surface area contributed by atoms with E-state index in [4.69, 9.17) is 4.74 Å². The lowest BCUT2D eigenvalue weighted by Gasteiger charge is -2.08. The zero-order valence-electron chi connectivity index (χ0n) is 16.0. The zero-order chi connectivity index (χ0) is 21.6. The van der Waals surface area contributed by atoms with Crippen molar-refractivity contribution in [2.24, 2.45) is 0 Å². The number of anilines is 1. The molecule has 0 saturated heterocycles. The summed E-state index contributed by atoms with van der Waals surface area (Å²) in [5, 5.41) is 4.65. The van der Waals surface area contributed by atoms with E-state index >= 15 is 0 Å². The minimum Gasteiger partial charge on any atom is -0.462 e. The van der Waals surface area contributed by atoms with Gasteiger partial charge in [0.15, 0.2) is 0 Å². The molecule has 0 radical (unpaired) electrons. The molecule has 1 heterocycles. The lowest BCUT2D eigenvalue weighted by atomic mass is 10.1. The Labute approximate surface area is 170 Å². The van der Waals surface area contributed by atoms with Gasteiger partial charge < -0.3 is 14.8 Å². The Morgan fingerprint density at radius 2 is 1.79 bits per heavy atom. The van der Waals surface area contributed by atoms with Gasteiger partial charge >= 0.3 is 12.1 Å². The number of hydrogen-bond donors (Lipinski definition) is 2. The topological polar surface area (TPSA) is 111 Å². The smallest absolute Gasteiger partial charge is 0.413 e. The number of amides is 3. The lowest BCUT2D eigenvalue weighted by molar-refractivity contribution is -0.115. The van der Waals surface area contributed by atoms with Crippen LogP contribution in [0, 0.1) is 12.7 Å². The standard InChI is InChI=1S/C19H19FN2O6S/c1-4-28-18(25)15-10(2)14(16(24)22-19(26)27-3)17(29-15)21-13(23)9-11-5-7-12(20)8-6-11/h5-8H,4,9H2,1-3H3,(H,21,23)(H,22,24,26). The molecule has 29 heavy (non-hydrogen) atoms. The number of carbonyl (C=O) groups is 4. The van der Waals surface area contributed by atoms with E-state index in [1.807, 2.05) is 5.32 Å². The Morgan fingerprint density at radius 3 is 2.38 bits per heavy atom. The molecular formula is C19H19FN2O6S. The van der Waals surface area contributed by atoms with E-state index in [-0.39, 0.29) is 34.0 Å². The summed E-state index contributed by atoms with van der Waals surface area (Å²) in [5.74, 6) is -2.40. The second kappa shape index (κ2) is 9.78. The number of imide groups is 1. The van der Waals surface area contributed by atoms with Crippen molar-refractivity contribution in [2.45, 2.75) is 20.3 Å². The summed E-state index contributed by atoms with van der Waals surface area (Å²) in [6.45, 7) is 3.27. The monoisotopic (exact) mass is 422 g/mol. The summed E-state index contributed by atoms with van der Waals surface area (Å²) in [4.78, 5) is 48.5. The van der Waals surface area contributed by atoms with Crippen molar-refractivity contribution in [2.75, 3.05) is 19.0 Å². The predicted molar refractivity (Wildman–Crippen MR) is 104 cm³/mol. The van der Waals surface area contributed by atoms with Crippen LogP contribution in [0.5, 0.6) is 0 Å². The van der Waals surface area contributed by atoms with E-state index in [2.05, 4.69) is 10.1 Å². The van der Waals surface area contributed by atoms with E-state index in [0.29, 0.717) is 5.56 Å². The molecule has 154 valence electrons. The molecule has 0 aliphatic heterocycles. The highest BCUT2D eigenvalue weighted by atomic mass is 32.1. The van der Waals surface area contributed by atoms with Gasteiger partial charge in [0.2, 0.25) is 5.91 Å². The maximum atomic E-state index is 13.0. The second-order valence-electron chi connectivity index (χ2n) is 5.78. The number of hydrogen-bond acceptors (Lipinski definition) is 7. The Bertz CT molecular complexity index is 939. The summed E-state index contributed by atoms with van der Waals surface area (Å²) < 4.78 is 22.4. The van der Waals surface area contributed by atoms with Gasteiger partial charge in [-0.3, -0.25) is 14.9 Å². The van der Waals surface area contributed by atoms with Crippen LogP contribution in [0.3, 0.4) is 0 Å². The average molecular weight is 422 g/mol. The van der Waals surface area contributed by atoms with Gasteiger partial charge in [0.25, 0.3) is 5.91 Å². The molecule has 0 bridgehead atoms. The largest absolute Gasteiger partial charge is 0.462 e. The second-order valence-corrected chi connectivity index (χ2v) is 6.80. The minimum absolute atomic E-state index is 0.0455. The number of alkyl carbamates (subject to hydrolysis) is 1. The van der Waals surface area contributed by atoms with Crippen LogP contribution in [-0.4, -0.2) is 37.6 Å². The molecule has 3 amide bonds. The third-order valence-corrected chi connectivity index (χ3v) is 4.95. The summed E-state index contributed by atoms with van der Waals surface area (Å²) in [6.07, 6.45) is -1.06. The van der Waals surface area contributed by atoms with Crippen LogP contribution >= 0.6 is 11.3 Å². The Kier molecular flexibility index (Phi) is 7.43. The molecule has 2 aromatic rings. The van der Waals surface area contributed by atoms with Gasteiger partial charge in [0.1, 0.15) is 15.7 Å². The number of halogens is 1. The molecule has 0 aliphatic carbocycles. The van der Waals surface area contributed by atoms with Gasteiger partial charge in [-0.1, -0.05) is 12.1 Å². The van der Waals surface area contributed by atoms with Crippen molar-refractivity contribution < 1.29 is 33.0 Å². The molecule has 8 nitrogen and oxygen atoms in total. The van der Waals surface area contributed by atoms with Crippen LogP contribution < -0.4 is 10.6 Å². The van der Waals surface area contributed by atoms with Crippen LogP contribution in [0.2, 0.25) is 0 Å². The maximum Gasteiger partial charge on any atom is 0.413 e. The first-order chi connectivity index (χ1) is 13.8. The van der Waals surface area contributed by atoms with E-state index < -0.39 is 29.7 Å². The highest BCUT2D eigenvalue weighted by molar-refractivity contribution is 7.18. The van der Waals surface area contributed by atoms with Crippen molar-refractivity contribution in [1.82, 2.24) is 5.32 Å². The maximum absolute atomic E-state index is 13.0. The molecule has 0 fully saturated rings. The van der Waals surface area contributed by atoms with E-state index in [0.717, 1.165) is 18.4 Å². The number of nitrogens with one attached hydrogen (secondary N) is 2. The highest BCUT2D eigenvalue weighted by Gasteiger charge is 2.27. The van der Waals surface area contributed by atoms with E-state index in [1.54, 1.807) is 6.92 Å². The quantitative estimate of drug-likeness (QED) is 0.693. The van der Waals surface area contributed by atoms with E-state index in [1.165, 1.54) is 31.2 Å². The van der Waals surface area contributed by atoms with Crippen LogP contribution in [0.15, 0.2) is 24.3 Å². The predicted octanol–water partition coefficient (Wildman–Crippen LogP) is 3.05. The van der Waals surface area contributed by atoms with Gasteiger partial charge in [-0.2, -0.15) is 0 Å². The van der Waals surface area contributed by atoms with Crippen LogP contribution in [0.25, 0.3) is 0 Å². The van der Waals surface area contributed by atoms with Crippen molar-refractivity contribution in [3.05, 3.63) is 51.7 Å². The summed E-state index contributed by atoms with van der Waals surface area (Å²) in [7, 11) is 1.10. The molecule has 10 heteroatoms. The normalized spacial score (nSPS) is 10.2. The van der Waals surface area contributed by atoms with Crippen molar-refractivity contribution >= 4 is 40.2 Å². The first-order valence-electron chi connectivity index (χ1n) is 8.50. The van der Waals surface area contributed by atoms with E-state index in [9.17, 15) is 23.6 Å². The fourth-order valence-electron chi connectivity index (χ4n) is 2.43. The molecule has 2 N–H and O–H groups in total. The third-order valence-electron chi connectivity index (χ3n) is 3.77. The molecule has 0 saturated carbocycles. The number of esters is 1. The number of carbonyl (C=O) groups excluding carboxylic acids is 4. The molecule has 0 aliphatic rings. The molecule has 0 unspecified atom stereocenters. The number of methoxy groups -OCH3 is 1. The zero-order valence-corrected chi connectivity index (χ0v) is 16.8. The number of benzene rings is 1. The molecule has 0 spiro atoms. The number of thiophene rings is 1. The Morgan fingerprint density at radius 1 is 1.14 bits per heavy atom. The molecular weight excluding hydrogens is 403 g/mol. The van der Waals surface area contributed by atoms with Gasteiger partial charge in [-0.25, -0.2) is 14.0 Å². The number of ether oxygens (including phenoxy) is 2. The molecule has 0 atom stereocenters. The Hall–Kier alpha value is -3.27. The highest BCUT2D eigenvalue weighted by Crippen LogP contribution is 2.34. The minimum atomic E-state index is -0.984. The summed E-state index contributed by atoms with van der Waals surface area (Å²) >= 11 is 0.859. The fourth-order valence-corrected chi connectivity index (χ4v) is 3.55. The first kappa shape index (κ1) is 22.0.